The zero-order valence-electron chi connectivity index (χ0n) is 32.1. The van der Waals surface area contributed by atoms with Gasteiger partial charge in [-0.15, -0.1) is 36.4 Å². The monoisotopic (exact) mass is 770 g/mol. The van der Waals surface area contributed by atoms with Gasteiger partial charge in [-0.3, -0.25) is 12.2 Å². The van der Waals surface area contributed by atoms with Gasteiger partial charge in [0.25, 0.3) is 0 Å². The fourth-order valence-corrected chi connectivity index (χ4v) is 7.48. The summed E-state index contributed by atoms with van der Waals surface area (Å²) in [6, 6.07) is 22.3. The van der Waals surface area contributed by atoms with Gasteiger partial charge in [0.15, 0.2) is 0 Å². The van der Waals surface area contributed by atoms with E-state index in [1.807, 2.05) is 30.3 Å². The van der Waals surface area contributed by atoms with Gasteiger partial charge in [-0.2, -0.15) is 53.6 Å². The number of hydrogen-bond donors (Lipinski definition) is 0. The van der Waals surface area contributed by atoms with Gasteiger partial charge in [-0.1, -0.05) is 117 Å². The second kappa shape index (κ2) is 17.9. The van der Waals surface area contributed by atoms with E-state index in [4.69, 9.17) is 0 Å². The molecule has 3 aromatic carbocycles. The molecule has 4 aliphatic rings. The third-order valence-corrected chi connectivity index (χ3v) is 9.69. The molecule has 0 saturated carbocycles. The Morgan fingerprint density at radius 3 is 1.82 bits per heavy atom. The van der Waals surface area contributed by atoms with E-state index in [9.17, 15) is 0 Å². The van der Waals surface area contributed by atoms with Gasteiger partial charge < -0.3 is 7.43 Å². The molecule has 0 spiro atoms. The van der Waals surface area contributed by atoms with Gasteiger partial charge in [0.1, 0.15) is 0 Å². The van der Waals surface area contributed by atoms with E-state index in [0.717, 1.165) is 12.8 Å². The maximum Gasteiger partial charge on any atom is -0.171 e. The van der Waals surface area contributed by atoms with Gasteiger partial charge in [0, 0.05) is 5.41 Å². The van der Waals surface area contributed by atoms with Crippen molar-refractivity contribution in [3.8, 4) is 11.1 Å². The summed E-state index contributed by atoms with van der Waals surface area (Å²) in [6.07, 6.45) is 15.4. The summed E-state index contributed by atoms with van der Waals surface area (Å²) in [5.74, 6) is 0.573. The van der Waals surface area contributed by atoms with Crippen molar-refractivity contribution in [3.63, 3.8) is 0 Å². The summed E-state index contributed by atoms with van der Waals surface area (Å²) in [5.41, 5.74) is 17.8. The molecule has 0 fully saturated rings. The van der Waals surface area contributed by atoms with Crippen molar-refractivity contribution in [2.45, 2.75) is 106 Å². The average Bonchev–Trinajstić information content (AvgIpc) is 3.73. The molecule has 3 heteroatoms. The van der Waals surface area contributed by atoms with Gasteiger partial charge >= 0.3 is 28.4 Å². The molecule has 1 atom stereocenters. The van der Waals surface area contributed by atoms with Crippen LogP contribution >= 0.6 is 24.8 Å². The van der Waals surface area contributed by atoms with E-state index in [1.54, 1.807) is 0 Å². The standard InChI is InChI=1S/C25H25.C13H21.C6H5.CH3.CH2.2ClH.Zr/c1-14-12-24(3,4)22-8-16-7-17-9-23-19(15(2)13-25(23,5)6)11-21(17)20(16)10-18(14)22;1-6-10-8-11(7-2)12(9-10)13(3,4)5;1-2-4-6-5-3-1;;;;;/h8-12H,7H2,1-6H3;9-10H,6-7H2,1-5H3;1-5H;1H3;1H2;2*1H;/q4*-1;;;;. The molecule has 3 aromatic rings. The van der Waals surface area contributed by atoms with E-state index in [0.29, 0.717) is 11.3 Å². The molecule has 0 N–H and O–H groups in total. The Morgan fingerprint density at radius 1 is 0.816 bits per heavy atom. The first kappa shape index (κ1) is 45.0. The van der Waals surface area contributed by atoms with Crippen LogP contribution < -0.4 is 0 Å². The van der Waals surface area contributed by atoms with E-state index < -0.39 is 0 Å². The van der Waals surface area contributed by atoms with E-state index in [1.165, 1.54) is 97.5 Å². The third-order valence-electron chi connectivity index (χ3n) is 9.69. The molecule has 0 aromatic heterocycles. The summed E-state index contributed by atoms with van der Waals surface area (Å²) in [6.45, 7) is 25.0. The number of allylic oxidation sites excluding steroid dienone is 8. The Bertz CT molecular complexity index is 1600. The minimum Gasteiger partial charge on any atom is -0.358 e. The molecular weight excluding hydrogens is 715 g/mol. The van der Waals surface area contributed by atoms with Crippen LogP contribution in [0.1, 0.15) is 122 Å². The van der Waals surface area contributed by atoms with Gasteiger partial charge in [-0.25, -0.2) is 11.1 Å². The van der Waals surface area contributed by atoms with Gasteiger partial charge in [0.2, 0.25) is 0 Å². The van der Waals surface area contributed by atoms with Crippen LogP contribution in [0.5, 0.6) is 0 Å². The molecule has 7 rings (SSSR count). The number of halogens is 2. The van der Waals surface area contributed by atoms with Gasteiger partial charge in [0.05, 0.1) is 0 Å². The Kier molecular flexibility index (Phi) is 16.5. The predicted molar refractivity (Wildman–Crippen MR) is 218 cm³/mol. The molecule has 0 heterocycles. The number of fused-ring (bicyclic) bond motifs is 5. The maximum atomic E-state index is 3.65. The first-order chi connectivity index (χ1) is 21.7. The molecule has 0 radical (unpaired) electrons. The second-order valence-electron chi connectivity index (χ2n) is 15.1. The molecule has 1 unspecified atom stereocenters. The summed E-state index contributed by atoms with van der Waals surface area (Å²) >= 11 is 1.30. The van der Waals surface area contributed by atoms with E-state index >= 15 is 0 Å². The summed E-state index contributed by atoms with van der Waals surface area (Å²) in [5, 5.41) is 0. The molecular formula is C46H58Cl2Zr-4. The van der Waals surface area contributed by atoms with Crippen LogP contribution in [-0.4, -0.2) is 4.21 Å². The fraction of sp³-hybridized carbons (Fsp3) is 0.391. The quantitative estimate of drug-likeness (QED) is 0.178. The Labute approximate surface area is 327 Å². The Hall–Kier alpha value is -2.05. The van der Waals surface area contributed by atoms with E-state index in [-0.39, 0.29) is 43.1 Å². The zero-order valence-corrected chi connectivity index (χ0v) is 36.2. The second-order valence-corrected chi connectivity index (χ2v) is 15.1. The molecule has 49 heavy (non-hydrogen) atoms. The van der Waals surface area contributed by atoms with Crippen molar-refractivity contribution >= 4 is 40.2 Å². The number of rotatable bonds is 2. The number of hydrogen-bond acceptors (Lipinski definition) is 0. The number of benzene rings is 3. The Morgan fingerprint density at radius 2 is 1.37 bits per heavy atom. The molecule has 264 valence electrons. The van der Waals surface area contributed by atoms with E-state index in [2.05, 4.69) is 135 Å². The molecule has 0 nitrogen and oxygen atoms in total. The van der Waals surface area contributed by atoms with Crippen molar-refractivity contribution in [2.75, 3.05) is 0 Å². The van der Waals surface area contributed by atoms with Crippen molar-refractivity contribution < 1.29 is 24.2 Å². The van der Waals surface area contributed by atoms with Crippen LogP contribution in [0, 0.1) is 37.0 Å². The summed E-state index contributed by atoms with van der Waals surface area (Å²) < 4.78 is 3.34. The average molecular weight is 773 g/mol. The molecule has 0 bridgehead atoms. The molecule has 0 aliphatic heterocycles. The minimum absolute atomic E-state index is 0. The summed E-state index contributed by atoms with van der Waals surface area (Å²) in [7, 11) is 0. The van der Waals surface area contributed by atoms with Crippen LogP contribution in [0.4, 0.5) is 0 Å². The normalized spacial score (nSPS) is 17.6. The first-order valence-corrected chi connectivity index (χ1v) is 18.7. The van der Waals surface area contributed by atoms with Crippen molar-refractivity contribution in [2.24, 2.45) is 11.3 Å². The van der Waals surface area contributed by atoms with Crippen LogP contribution in [0.15, 0.2) is 77.9 Å². The topological polar surface area (TPSA) is 0 Å². The smallest absolute Gasteiger partial charge is 0.171 e. The van der Waals surface area contributed by atoms with Crippen LogP contribution in [0.25, 0.3) is 22.3 Å². The molecule has 4 aliphatic carbocycles. The minimum atomic E-state index is 0. The van der Waals surface area contributed by atoms with Crippen LogP contribution in [0.3, 0.4) is 0 Å². The van der Waals surface area contributed by atoms with Crippen molar-refractivity contribution in [3.05, 3.63) is 137 Å². The van der Waals surface area contributed by atoms with Gasteiger partial charge in [-0.05, 0) is 58.4 Å². The van der Waals surface area contributed by atoms with Crippen LogP contribution in [0.2, 0.25) is 0 Å². The van der Waals surface area contributed by atoms with Crippen molar-refractivity contribution in [1.29, 1.82) is 0 Å². The van der Waals surface area contributed by atoms with Crippen LogP contribution in [-0.2, 0) is 41.5 Å². The summed E-state index contributed by atoms with van der Waals surface area (Å²) in [4.78, 5) is 0. The zero-order chi connectivity index (χ0) is 34.0. The third kappa shape index (κ3) is 9.64. The van der Waals surface area contributed by atoms with Crippen molar-refractivity contribution in [1.82, 2.24) is 0 Å². The predicted octanol–water partition coefficient (Wildman–Crippen LogP) is 13.3. The molecule has 0 saturated heterocycles. The Balaban J connectivity index is 0.000000424. The fourth-order valence-electron chi connectivity index (χ4n) is 7.48. The first-order valence-electron chi connectivity index (χ1n) is 16.9. The largest absolute Gasteiger partial charge is 0.358 e. The maximum absolute atomic E-state index is 3.65. The SMILES string of the molecule is CC1=[C-]C(C)(C)c2cc3c(cc21)-c1cc2c(cc1C3)C(C)(C)C=C2C.CCC1=[C-]C(CC)C=C1C(C)(C)C.Cl.Cl.[CH2]=[Zr].[CH3-].[c-]1ccccc1. The molecule has 0 amide bonds.